The summed E-state index contributed by atoms with van der Waals surface area (Å²) >= 11 is 0. The van der Waals surface area contributed by atoms with E-state index in [1.165, 1.54) is 0 Å². The van der Waals surface area contributed by atoms with Crippen LogP contribution in [0.3, 0.4) is 0 Å². The third-order valence-corrected chi connectivity index (χ3v) is 2.74. The lowest BCUT2D eigenvalue weighted by molar-refractivity contribution is -0.702. The van der Waals surface area contributed by atoms with E-state index >= 15 is 0 Å². The molecule has 0 aliphatic carbocycles. The van der Waals surface area contributed by atoms with Gasteiger partial charge in [-0.05, 0) is 13.8 Å². The molecule has 1 aromatic rings. The monoisotopic (exact) mass is 241 g/mol. The third kappa shape index (κ3) is 2.02. The molecule has 94 valence electrons. The molecule has 2 N–H and O–H groups in total. The molecule has 0 aliphatic rings. The van der Waals surface area contributed by atoms with Crippen LogP contribution in [0.2, 0.25) is 0 Å². The van der Waals surface area contributed by atoms with Crippen LogP contribution in [-0.4, -0.2) is 26.7 Å². The summed E-state index contributed by atoms with van der Waals surface area (Å²) in [6.45, 7) is 6.37. The van der Waals surface area contributed by atoms with Gasteiger partial charge in [-0.3, -0.25) is 0 Å². The lowest BCUT2D eigenvalue weighted by Crippen LogP contribution is -2.41. The van der Waals surface area contributed by atoms with Crippen LogP contribution in [0.5, 0.6) is 0 Å². The van der Waals surface area contributed by atoms with Crippen LogP contribution in [-0.2, 0) is 19.5 Å². The SMILES string of the molecule is CCc1n(CC)c(C(=O)O)c(C(=O)O)[n+]1CC. The zero-order chi connectivity index (χ0) is 13.2. The van der Waals surface area contributed by atoms with Gasteiger partial charge in [0.05, 0.1) is 13.1 Å². The normalized spacial score (nSPS) is 10.5. The maximum atomic E-state index is 11.2. The summed E-state index contributed by atoms with van der Waals surface area (Å²) in [5.74, 6) is -1.68. The number of rotatable bonds is 5. The lowest BCUT2D eigenvalue weighted by atomic mass is 10.3. The number of imidazole rings is 1. The van der Waals surface area contributed by atoms with Crippen molar-refractivity contribution in [3.63, 3.8) is 0 Å². The molecule has 0 aromatic carbocycles. The van der Waals surface area contributed by atoms with Gasteiger partial charge in [0, 0.05) is 6.42 Å². The van der Waals surface area contributed by atoms with Crippen LogP contribution in [0.1, 0.15) is 47.6 Å². The van der Waals surface area contributed by atoms with E-state index in [-0.39, 0.29) is 11.4 Å². The van der Waals surface area contributed by atoms with Crippen molar-refractivity contribution in [1.82, 2.24) is 4.57 Å². The smallest absolute Gasteiger partial charge is 0.380 e. The molecular formula is C11H17N2O4+. The van der Waals surface area contributed by atoms with Gasteiger partial charge in [0.15, 0.2) is 0 Å². The highest BCUT2D eigenvalue weighted by Gasteiger charge is 2.36. The molecule has 0 amide bonds. The van der Waals surface area contributed by atoms with Crippen molar-refractivity contribution in [3.8, 4) is 0 Å². The Balaban J connectivity index is 3.70. The van der Waals surface area contributed by atoms with Crippen molar-refractivity contribution < 1.29 is 24.4 Å². The fraction of sp³-hybridized carbons (Fsp3) is 0.545. The second kappa shape index (κ2) is 4.99. The zero-order valence-corrected chi connectivity index (χ0v) is 10.2. The quantitative estimate of drug-likeness (QED) is 0.746. The van der Waals surface area contributed by atoms with E-state index in [0.29, 0.717) is 19.5 Å². The van der Waals surface area contributed by atoms with E-state index in [2.05, 4.69) is 0 Å². The van der Waals surface area contributed by atoms with E-state index in [1.807, 2.05) is 6.92 Å². The van der Waals surface area contributed by atoms with Crippen LogP contribution in [0, 0.1) is 0 Å². The molecule has 1 aromatic heterocycles. The van der Waals surface area contributed by atoms with Crippen LogP contribution >= 0.6 is 0 Å². The summed E-state index contributed by atoms with van der Waals surface area (Å²) in [6.07, 6.45) is 0.592. The highest BCUT2D eigenvalue weighted by molar-refractivity contribution is 5.98. The fourth-order valence-electron chi connectivity index (χ4n) is 2.16. The zero-order valence-electron chi connectivity index (χ0n) is 10.2. The molecule has 0 saturated heterocycles. The van der Waals surface area contributed by atoms with Gasteiger partial charge >= 0.3 is 11.9 Å². The Kier molecular flexibility index (Phi) is 3.88. The minimum absolute atomic E-state index is 0.140. The van der Waals surface area contributed by atoms with Crippen LogP contribution in [0.25, 0.3) is 0 Å². The van der Waals surface area contributed by atoms with Gasteiger partial charge in [-0.15, -0.1) is 0 Å². The number of hydrogen-bond acceptors (Lipinski definition) is 2. The van der Waals surface area contributed by atoms with Crippen LogP contribution < -0.4 is 4.57 Å². The summed E-state index contributed by atoms with van der Waals surface area (Å²) in [5.41, 5.74) is -0.280. The standard InChI is InChI=1S/C11H16N2O4/c1-4-7-12(5-2)8(10(14)15)9(11(16)17)13(7)6-3/h4-6H2,1-3H3,(H-,14,15,16,17)/p+1. The minimum atomic E-state index is -1.20. The summed E-state index contributed by atoms with van der Waals surface area (Å²) in [7, 11) is 0. The number of hydrogen-bond donors (Lipinski definition) is 2. The second-order valence-electron chi connectivity index (χ2n) is 3.57. The molecule has 6 heteroatoms. The topological polar surface area (TPSA) is 83.4 Å². The molecule has 1 heterocycles. The van der Waals surface area contributed by atoms with Gasteiger partial charge in [-0.1, -0.05) is 6.92 Å². The van der Waals surface area contributed by atoms with Gasteiger partial charge in [-0.25, -0.2) is 18.7 Å². The molecule has 0 saturated carbocycles. The third-order valence-electron chi connectivity index (χ3n) is 2.74. The Labute approximate surface area is 99.1 Å². The van der Waals surface area contributed by atoms with Gasteiger partial charge in [0.25, 0.3) is 17.2 Å². The van der Waals surface area contributed by atoms with Gasteiger partial charge in [0.1, 0.15) is 0 Å². The molecule has 6 nitrogen and oxygen atoms in total. The van der Waals surface area contributed by atoms with Gasteiger partial charge in [-0.2, -0.15) is 0 Å². The maximum absolute atomic E-state index is 11.2. The van der Waals surface area contributed by atoms with Crippen molar-refractivity contribution in [3.05, 3.63) is 17.2 Å². The number of carbonyl (C=O) groups is 2. The average Bonchev–Trinajstić information content (AvgIpc) is 2.61. The molecule has 0 atom stereocenters. The molecule has 0 fully saturated rings. The molecule has 0 radical (unpaired) electrons. The minimum Gasteiger partial charge on any atom is -0.475 e. The predicted octanol–water partition coefficient (Wildman–Crippen LogP) is 0.774. The summed E-state index contributed by atoms with van der Waals surface area (Å²) in [4.78, 5) is 22.4. The Hall–Kier alpha value is -1.85. The van der Waals surface area contributed by atoms with Crippen molar-refractivity contribution in [2.45, 2.75) is 40.3 Å². The second-order valence-corrected chi connectivity index (χ2v) is 3.57. The molecule has 0 bridgehead atoms. The first-order valence-corrected chi connectivity index (χ1v) is 5.61. The van der Waals surface area contributed by atoms with Gasteiger partial charge < -0.3 is 10.2 Å². The van der Waals surface area contributed by atoms with E-state index in [9.17, 15) is 9.59 Å². The Morgan fingerprint density at radius 3 is 2.06 bits per heavy atom. The Morgan fingerprint density at radius 1 is 1.18 bits per heavy atom. The predicted molar refractivity (Wildman–Crippen MR) is 59.3 cm³/mol. The number of carboxylic acids is 2. The molecule has 0 aliphatic heterocycles. The van der Waals surface area contributed by atoms with Crippen molar-refractivity contribution in [2.75, 3.05) is 0 Å². The average molecular weight is 241 g/mol. The van der Waals surface area contributed by atoms with Crippen molar-refractivity contribution in [1.29, 1.82) is 0 Å². The Morgan fingerprint density at radius 2 is 1.76 bits per heavy atom. The Bertz CT molecular complexity index is 423. The lowest BCUT2D eigenvalue weighted by Gasteiger charge is -1.98. The van der Waals surface area contributed by atoms with Crippen LogP contribution in [0.15, 0.2) is 0 Å². The first-order valence-electron chi connectivity index (χ1n) is 5.61. The van der Waals surface area contributed by atoms with E-state index in [1.54, 1.807) is 23.0 Å². The molecule has 1 rings (SSSR count). The first-order chi connectivity index (χ1) is 7.99. The number of aromatic nitrogens is 2. The van der Waals surface area contributed by atoms with Crippen molar-refractivity contribution in [2.24, 2.45) is 0 Å². The number of aromatic carboxylic acids is 2. The largest absolute Gasteiger partial charge is 0.475 e. The first kappa shape index (κ1) is 13.2. The highest BCUT2D eigenvalue weighted by atomic mass is 16.4. The van der Waals surface area contributed by atoms with Crippen LogP contribution in [0.4, 0.5) is 0 Å². The summed E-state index contributed by atoms with van der Waals surface area (Å²) < 4.78 is 3.10. The van der Waals surface area contributed by atoms with Gasteiger partial charge in [0.2, 0.25) is 0 Å². The number of nitrogens with zero attached hydrogens (tertiary/aromatic N) is 2. The summed E-state index contributed by atoms with van der Waals surface area (Å²) in [6, 6.07) is 0. The summed E-state index contributed by atoms with van der Waals surface area (Å²) in [5, 5.41) is 18.3. The van der Waals surface area contributed by atoms with E-state index < -0.39 is 11.9 Å². The molecule has 0 unspecified atom stereocenters. The molecule has 17 heavy (non-hydrogen) atoms. The molecular weight excluding hydrogens is 224 g/mol. The highest BCUT2D eigenvalue weighted by Crippen LogP contribution is 2.12. The maximum Gasteiger partial charge on any atom is 0.380 e. The number of carboxylic acid groups (broad SMARTS) is 2. The van der Waals surface area contributed by atoms with E-state index in [4.69, 9.17) is 10.2 Å². The van der Waals surface area contributed by atoms with Crippen molar-refractivity contribution >= 4 is 11.9 Å². The molecule has 0 spiro atoms. The van der Waals surface area contributed by atoms with E-state index in [0.717, 1.165) is 5.82 Å². The fourth-order valence-corrected chi connectivity index (χ4v) is 2.16.